The Kier molecular flexibility index (Phi) is 0.961. The number of fused-ring (bicyclic) bond motifs is 3. The number of aromatic nitrogens is 3. The maximum absolute atomic E-state index is 4.26. The third-order valence-electron chi connectivity index (χ3n) is 2.21. The summed E-state index contributed by atoms with van der Waals surface area (Å²) in [6.45, 7) is 0.938. The lowest BCUT2D eigenvalue weighted by atomic mass is 10.2. The molecular formula is C9H7N3. The van der Waals surface area contributed by atoms with Gasteiger partial charge in [0.15, 0.2) is 0 Å². The highest BCUT2D eigenvalue weighted by molar-refractivity contribution is 5.63. The molecule has 0 amide bonds. The molecule has 3 heteroatoms. The van der Waals surface area contributed by atoms with Crippen LogP contribution in [0.3, 0.4) is 0 Å². The van der Waals surface area contributed by atoms with Crippen molar-refractivity contribution >= 4 is 0 Å². The molecule has 58 valence electrons. The van der Waals surface area contributed by atoms with Crippen molar-refractivity contribution in [2.24, 2.45) is 0 Å². The molecular weight excluding hydrogens is 150 g/mol. The highest BCUT2D eigenvalue weighted by Gasteiger charge is 2.17. The summed E-state index contributed by atoms with van der Waals surface area (Å²) in [5, 5.41) is 0. The highest BCUT2D eigenvalue weighted by Crippen LogP contribution is 2.28. The van der Waals surface area contributed by atoms with Crippen LogP contribution in [0.5, 0.6) is 0 Å². The van der Waals surface area contributed by atoms with Crippen molar-refractivity contribution in [3.63, 3.8) is 0 Å². The Morgan fingerprint density at radius 1 is 1.33 bits per heavy atom. The Balaban J connectivity index is 2.34. The van der Waals surface area contributed by atoms with Crippen LogP contribution in [0.15, 0.2) is 30.9 Å². The minimum absolute atomic E-state index is 0.938. The van der Waals surface area contributed by atoms with E-state index in [1.165, 1.54) is 11.1 Å². The Hall–Kier alpha value is -1.64. The van der Waals surface area contributed by atoms with E-state index in [4.69, 9.17) is 0 Å². The number of rotatable bonds is 0. The zero-order valence-corrected chi connectivity index (χ0v) is 6.44. The number of hydrogen-bond donors (Lipinski definition) is 0. The van der Waals surface area contributed by atoms with Crippen LogP contribution in [0.4, 0.5) is 0 Å². The van der Waals surface area contributed by atoms with E-state index in [1.54, 1.807) is 0 Å². The molecule has 3 rings (SSSR count). The molecule has 0 saturated heterocycles. The first-order valence-electron chi connectivity index (χ1n) is 3.89. The summed E-state index contributed by atoms with van der Waals surface area (Å²) >= 11 is 0. The molecule has 0 aromatic carbocycles. The quantitative estimate of drug-likeness (QED) is 0.492. The Bertz CT molecular complexity index is 431. The summed E-state index contributed by atoms with van der Waals surface area (Å²) in [7, 11) is 0. The summed E-state index contributed by atoms with van der Waals surface area (Å²) in [6.07, 6.45) is 7.52. The molecule has 2 aromatic rings. The van der Waals surface area contributed by atoms with Crippen LogP contribution in [-0.4, -0.2) is 14.5 Å². The van der Waals surface area contributed by atoms with Crippen molar-refractivity contribution in [2.45, 2.75) is 6.54 Å². The molecule has 0 atom stereocenters. The lowest BCUT2D eigenvalue weighted by Gasteiger charge is -1.92. The van der Waals surface area contributed by atoms with E-state index >= 15 is 0 Å². The first-order chi connectivity index (χ1) is 5.95. The van der Waals surface area contributed by atoms with Crippen LogP contribution in [0, 0.1) is 0 Å². The summed E-state index contributed by atoms with van der Waals surface area (Å²) < 4.78 is 2.13. The number of pyridine rings is 1. The molecule has 2 aromatic heterocycles. The molecule has 1 aliphatic rings. The molecule has 0 aliphatic carbocycles. The second-order valence-corrected chi connectivity index (χ2v) is 2.91. The van der Waals surface area contributed by atoms with E-state index in [2.05, 4.69) is 14.5 Å². The van der Waals surface area contributed by atoms with Gasteiger partial charge in [0.2, 0.25) is 0 Å². The third-order valence-corrected chi connectivity index (χ3v) is 2.21. The van der Waals surface area contributed by atoms with Gasteiger partial charge in [-0.05, 0) is 11.6 Å². The minimum Gasteiger partial charge on any atom is -0.326 e. The van der Waals surface area contributed by atoms with Crippen molar-refractivity contribution in [3.05, 3.63) is 36.4 Å². The molecule has 0 fully saturated rings. The molecule has 0 spiro atoms. The van der Waals surface area contributed by atoms with E-state index in [-0.39, 0.29) is 0 Å². The molecule has 0 N–H and O–H groups in total. The van der Waals surface area contributed by atoms with Gasteiger partial charge in [0.25, 0.3) is 0 Å². The second kappa shape index (κ2) is 1.94. The molecule has 3 heterocycles. The highest BCUT2D eigenvalue weighted by atomic mass is 15.1. The van der Waals surface area contributed by atoms with E-state index < -0.39 is 0 Å². The van der Waals surface area contributed by atoms with Crippen LogP contribution in [0.2, 0.25) is 0 Å². The molecule has 0 saturated carbocycles. The van der Waals surface area contributed by atoms with Gasteiger partial charge in [-0.25, -0.2) is 4.98 Å². The number of nitrogens with zero attached hydrogens (tertiary/aromatic N) is 3. The monoisotopic (exact) mass is 157 g/mol. The fourth-order valence-corrected chi connectivity index (χ4v) is 1.63. The standard InChI is InChI=1S/C9H7N3/c1-2-10-5-8-7(1)6-12-4-3-11-9(8)12/h1-5H,6H2. The number of hydrogen-bond acceptors (Lipinski definition) is 2. The Morgan fingerprint density at radius 3 is 3.33 bits per heavy atom. The molecule has 3 nitrogen and oxygen atoms in total. The topological polar surface area (TPSA) is 30.7 Å². The second-order valence-electron chi connectivity index (χ2n) is 2.91. The zero-order chi connectivity index (χ0) is 7.97. The largest absolute Gasteiger partial charge is 0.326 e. The first-order valence-corrected chi connectivity index (χ1v) is 3.89. The van der Waals surface area contributed by atoms with Gasteiger partial charge in [-0.1, -0.05) is 0 Å². The van der Waals surface area contributed by atoms with Crippen LogP contribution in [-0.2, 0) is 6.54 Å². The lowest BCUT2D eigenvalue weighted by Crippen LogP contribution is -1.88. The van der Waals surface area contributed by atoms with E-state index in [0.29, 0.717) is 0 Å². The summed E-state index contributed by atoms with van der Waals surface area (Å²) in [5.41, 5.74) is 2.48. The van der Waals surface area contributed by atoms with E-state index in [1.807, 2.05) is 30.9 Å². The first kappa shape index (κ1) is 5.94. The van der Waals surface area contributed by atoms with Gasteiger partial charge in [-0.2, -0.15) is 0 Å². The maximum Gasteiger partial charge on any atom is 0.142 e. The van der Waals surface area contributed by atoms with Crippen LogP contribution in [0.1, 0.15) is 5.56 Å². The molecule has 12 heavy (non-hydrogen) atoms. The molecule has 0 bridgehead atoms. The van der Waals surface area contributed by atoms with Crippen LogP contribution >= 0.6 is 0 Å². The van der Waals surface area contributed by atoms with Gasteiger partial charge < -0.3 is 4.57 Å². The van der Waals surface area contributed by atoms with Crippen molar-refractivity contribution < 1.29 is 0 Å². The number of imidazole rings is 1. The average Bonchev–Trinajstić information content (AvgIpc) is 2.62. The zero-order valence-electron chi connectivity index (χ0n) is 6.44. The minimum atomic E-state index is 0.938. The van der Waals surface area contributed by atoms with Gasteiger partial charge in [0, 0.05) is 36.9 Å². The predicted octanol–water partition coefficient (Wildman–Crippen LogP) is 1.31. The normalized spacial score (nSPS) is 12.7. The smallest absolute Gasteiger partial charge is 0.142 e. The van der Waals surface area contributed by atoms with Crippen molar-refractivity contribution in [3.8, 4) is 11.4 Å². The maximum atomic E-state index is 4.26. The predicted molar refractivity (Wildman–Crippen MR) is 44.6 cm³/mol. The van der Waals surface area contributed by atoms with Gasteiger partial charge in [-0.3, -0.25) is 4.98 Å². The van der Waals surface area contributed by atoms with Crippen molar-refractivity contribution in [2.75, 3.05) is 0 Å². The van der Waals surface area contributed by atoms with Gasteiger partial charge in [-0.15, -0.1) is 0 Å². The fraction of sp³-hybridized carbons (Fsp3) is 0.111. The Labute approximate surface area is 69.7 Å². The summed E-state index contributed by atoms with van der Waals surface area (Å²) in [6, 6.07) is 2.05. The van der Waals surface area contributed by atoms with Gasteiger partial charge in [0.1, 0.15) is 5.82 Å². The molecule has 1 aliphatic heterocycles. The summed E-state index contributed by atoms with van der Waals surface area (Å²) in [4.78, 5) is 8.34. The molecule has 0 radical (unpaired) electrons. The van der Waals surface area contributed by atoms with Crippen molar-refractivity contribution in [1.29, 1.82) is 0 Å². The molecule has 0 unspecified atom stereocenters. The fourth-order valence-electron chi connectivity index (χ4n) is 1.63. The van der Waals surface area contributed by atoms with Gasteiger partial charge >= 0.3 is 0 Å². The van der Waals surface area contributed by atoms with Gasteiger partial charge in [0.05, 0.1) is 0 Å². The van der Waals surface area contributed by atoms with Crippen molar-refractivity contribution in [1.82, 2.24) is 14.5 Å². The van der Waals surface area contributed by atoms with E-state index in [9.17, 15) is 0 Å². The Morgan fingerprint density at radius 2 is 2.33 bits per heavy atom. The SMILES string of the molecule is c1cc2c(cn1)-c1nccn1C2. The third kappa shape index (κ3) is 0.605. The van der Waals surface area contributed by atoms with E-state index in [0.717, 1.165) is 12.4 Å². The lowest BCUT2D eigenvalue weighted by molar-refractivity contribution is 0.847. The van der Waals surface area contributed by atoms with Crippen LogP contribution in [0.25, 0.3) is 11.4 Å². The summed E-state index contributed by atoms with van der Waals surface area (Å²) in [5.74, 6) is 1.04. The average molecular weight is 157 g/mol. The van der Waals surface area contributed by atoms with Crippen LogP contribution < -0.4 is 0 Å².